The van der Waals surface area contributed by atoms with Crippen LogP contribution in [0.15, 0.2) is 30.3 Å². The summed E-state index contributed by atoms with van der Waals surface area (Å²) in [5.41, 5.74) is -2.31. The molecule has 6 heteroatoms. The zero-order chi connectivity index (χ0) is 15.5. The van der Waals surface area contributed by atoms with Gasteiger partial charge in [-0.1, -0.05) is 30.3 Å². The van der Waals surface area contributed by atoms with Gasteiger partial charge >= 0.3 is 12.1 Å². The van der Waals surface area contributed by atoms with Crippen LogP contribution in [0, 0.1) is 11.3 Å². The smallest absolute Gasteiger partial charge is 0.405 e. The Balaban J connectivity index is 2.43. The molecule has 0 aliphatic carbocycles. The lowest BCUT2D eigenvalue weighted by molar-refractivity contribution is -0.248. The Morgan fingerprint density at radius 1 is 1.19 bits per heavy atom. The first-order valence-electron chi connectivity index (χ1n) is 6.92. The third-order valence-corrected chi connectivity index (χ3v) is 4.25. The highest BCUT2D eigenvalue weighted by Gasteiger charge is 2.64. The molecular weight excluding hydrogens is 283 g/mol. The number of piperidine rings is 1. The fourth-order valence-corrected chi connectivity index (χ4v) is 3.08. The van der Waals surface area contributed by atoms with Crippen LogP contribution >= 0.6 is 0 Å². The maximum atomic E-state index is 13.7. The molecule has 1 atom stereocenters. The van der Waals surface area contributed by atoms with Gasteiger partial charge in [0.05, 0.1) is 0 Å². The second kappa shape index (κ2) is 6.05. The number of carboxylic acid groups (broad SMARTS) is 1. The number of nitrogens with one attached hydrogen (secondary N) is 1. The van der Waals surface area contributed by atoms with E-state index in [4.69, 9.17) is 0 Å². The lowest BCUT2D eigenvalue weighted by atomic mass is 9.67. The highest BCUT2D eigenvalue weighted by molar-refractivity contribution is 5.76. The quantitative estimate of drug-likeness (QED) is 0.899. The van der Waals surface area contributed by atoms with Crippen molar-refractivity contribution in [3.8, 4) is 0 Å². The molecule has 116 valence electrons. The minimum Gasteiger partial charge on any atom is -0.481 e. The lowest BCUT2D eigenvalue weighted by Crippen LogP contribution is -2.54. The molecule has 0 radical (unpaired) electrons. The van der Waals surface area contributed by atoms with E-state index in [-0.39, 0.29) is 12.8 Å². The zero-order valence-electron chi connectivity index (χ0n) is 11.5. The monoisotopic (exact) mass is 301 g/mol. The minimum absolute atomic E-state index is 0.221. The molecule has 1 aliphatic heterocycles. The predicted octanol–water partition coefficient (Wildman–Crippen LogP) is 2.86. The summed E-state index contributed by atoms with van der Waals surface area (Å²) in [7, 11) is 0. The van der Waals surface area contributed by atoms with Crippen LogP contribution in [0.3, 0.4) is 0 Å². The van der Waals surface area contributed by atoms with Gasteiger partial charge in [0, 0.05) is 0 Å². The molecular formula is C15H18F3NO2. The van der Waals surface area contributed by atoms with E-state index in [9.17, 15) is 23.1 Å². The topological polar surface area (TPSA) is 49.3 Å². The van der Waals surface area contributed by atoms with Gasteiger partial charge in [0.2, 0.25) is 0 Å². The number of carboxylic acids is 1. The van der Waals surface area contributed by atoms with Crippen LogP contribution in [0.4, 0.5) is 13.2 Å². The summed E-state index contributed by atoms with van der Waals surface area (Å²) in [5, 5.41) is 12.4. The lowest BCUT2D eigenvalue weighted by Gasteiger charge is -2.40. The van der Waals surface area contributed by atoms with Gasteiger partial charge in [-0.15, -0.1) is 0 Å². The SMILES string of the molecule is O=C(O)C(Cc1ccccc1)(C1CCNCC1)C(F)(F)F. The minimum atomic E-state index is -4.78. The Kier molecular flexibility index (Phi) is 4.56. The van der Waals surface area contributed by atoms with E-state index in [1.54, 1.807) is 30.3 Å². The van der Waals surface area contributed by atoms with Crippen molar-refractivity contribution < 1.29 is 23.1 Å². The van der Waals surface area contributed by atoms with Crippen LogP contribution < -0.4 is 5.32 Å². The van der Waals surface area contributed by atoms with E-state index in [2.05, 4.69) is 5.32 Å². The van der Waals surface area contributed by atoms with Crippen molar-refractivity contribution in [1.82, 2.24) is 5.32 Å². The molecule has 1 unspecified atom stereocenters. The van der Waals surface area contributed by atoms with Gasteiger partial charge in [0.15, 0.2) is 5.41 Å². The van der Waals surface area contributed by atoms with Gasteiger partial charge in [0.1, 0.15) is 0 Å². The van der Waals surface area contributed by atoms with Gasteiger partial charge in [-0.2, -0.15) is 13.2 Å². The molecule has 1 aliphatic rings. The summed E-state index contributed by atoms with van der Waals surface area (Å²) in [4.78, 5) is 11.6. The van der Waals surface area contributed by atoms with Crippen molar-refractivity contribution >= 4 is 5.97 Å². The highest BCUT2D eigenvalue weighted by atomic mass is 19.4. The molecule has 3 nitrogen and oxygen atoms in total. The standard InChI is InChI=1S/C15H18F3NO2/c16-15(17,18)14(13(20)21,12-6-8-19-9-7-12)10-11-4-2-1-3-5-11/h1-5,12,19H,6-10H2,(H,20,21). The largest absolute Gasteiger partial charge is 0.481 e. The number of benzene rings is 1. The van der Waals surface area contributed by atoms with Crippen molar-refractivity contribution in [3.63, 3.8) is 0 Å². The van der Waals surface area contributed by atoms with Crippen molar-refractivity contribution in [3.05, 3.63) is 35.9 Å². The molecule has 1 fully saturated rings. The Morgan fingerprint density at radius 2 is 1.76 bits per heavy atom. The number of carbonyl (C=O) groups is 1. The third kappa shape index (κ3) is 3.05. The molecule has 2 rings (SSSR count). The van der Waals surface area contributed by atoms with E-state index < -0.39 is 29.9 Å². The number of aliphatic carboxylic acids is 1. The first-order valence-corrected chi connectivity index (χ1v) is 6.92. The molecule has 1 heterocycles. The summed E-state index contributed by atoms with van der Waals surface area (Å²) in [5.74, 6) is -2.68. The second-order valence-corrected chi connectivity index (χ2v) is 5.46. The van der Waals surface area contributed by atoms with Crippen LogP contribution in [0.5, 0.6) is 0 Å². The number of hydrogen-bond acceptors (Lipinski definition) is 2. The van der Waals surface area contributed by atoms with E-state index in [0.717, 1.165) is 0 Å². The molecule has 0 aromatic heterocycles. The van der Waals surface area contributed by atoms with Gasteiger partial charge in [-0.05, 0) is 43.8 Å². The molecule has 21 heavy (non-hydrogen) atoms. The number of rotatable bonds is 4. The first-order chi connectivity index (χ1) is 9.88. The molecule has 0 saturated carbocycles. The average Bonchev–Trinajstić information content (AvgIpc) is 2.45. The Hall–Kier alpha value is -1.56. The normalized spacial score (nSPS) is 20.0. The summed E-state index contributed by atoms with van der Waals surface area (Å²) in [6.07, 6.45) is -4.86. The molecule has 1 aromatic rings. The van der Waals surface area contributed by atoms with Crippen LogP contribution in [0.25, 0.3) is 0 Å². The van der Waals surface area contributed by atoms with Crippen molar-refractivity contribution in [2.75, 3.05) is 13.1 Å². The number of halogens is 3. The van der Waals surface area contributed by atoms with E-state index in [0.29, 0.717) is 18.7 Å². The van der Waals surface area contributed by atoms with Crippen LogP contribution in [-0.2, 0) is 11.2 Å². The Labute approximate surface area is 121 Å². The molecule has 1 aromatic carbocycles. The van der Waals surface area contributed by atoms with Crippen LogP contribution in [0.1, 0.15) is 18.4 Å². The Morgan fingerprint density at radius 3 is 2.24 bits per heavy atom. The summed E-state index contributed by atoms with van der Waals surface area (Å²) in [6.45, 7) is 0.842. The fourth-order valence-electron chi connectivity index (χ4n) is 3.08. The predicted molar refractivity (Wildman–Crippen MR) is 71.9 cm³/mol. The summed E-state index contributed by atoms with van der Waals surface area (Å²) >= 11 is 0. The number of hydrogen-bond donors (Lipinski definition) is 2. The van der Waals surface area contributed by atoms with E-state index >= 15 is 0 Å². The van der Waals surface area contributed by atoms with Gasteiger partial charge in [-0.3, -0.25) is 4.79 Å². The van der Waals surface area contributed by atoms with Crippen LogP contribution in [0.2, 0.25) is 0 Å². The first kappa shape index (κ1) is 15.8. The average molecular weight is 301 g/mol. The van der Waals surface area contributed by atoms with Gasteiger partial charge in [-0.25, -0.2) is 0 Å². The fraction of sp³-hybridized carbons (Fsp3) is 0.533. The van der Waals surface area contributed by atoms with Crippen molar-refractivity contribution in [2.45, 2.75) is 25.4 Å². The Bertz CT molecular complexity index is 483. The maximum Gasteiger partial charge on any atom is 0.405 e. The highest BCUT2D eigenvalue weighted by Crippen LogP contribution is 2.50. The molecule has 0 bridgehead atoms. The number of alkyl halides is 3. The van der Waals surface area contributed by atoms with Gasteiger partial charge in [0.25, 0.3) is 0 Å². The summed E-state index contributed by atoms with van der Waals surface area (Å²) < 4.78 is 41.1. The molecule has 2 N–H and O–H groups in total. The van der Waals surface area contributed by atoms with Crippen molar-refractivity contribution in [2.24, 2.45) is 11.3 Å². The maximum absolute atomic E-state index is 13.7. The molecule has 0 amide bonds. The zero-order valence-corrected chi connectivity index (χ0v) is 11.5. The molecule has 0 spiro atoms. The van der Waals surface area contributed by atoms with E-state index in [1.807, 2.05) is 0 Å². The third-order valence-electron chi connectivity index (χ3n) is 4.25. The van der Waals surface area contributed by atoms with Gasteiger partial charge < -0.3 is 10.4 Å². The van der Waals surface area contributed by atoms with Crippen LogP contribution in [-0.4, -0.2) is 30.3 Å². The van der Waals surface area contributed by atoms with E-state index in [1.165, 1.54) is 0 Å². The summed E-state index contributed by atoms with van der Waals surface area (Å²) in [6, 6.07) is 8.04. The second-order valence-electron chi connectivity index (χ2n) is 5.46. The molecule has 1 saturated heterocycles. The van der Waals surface area contributed by atoms with Crippen molar-refractivity contribution in [1.29, 1.82) is 0 Å².